The minimum Gasteiger partial charge on any atom is -0.496 e. The number of para-hydroxylation sites is 1. The molecule has 0 spiro atoms. The van der Waals surface area contributed by atoms with Gasteiger partial charge in [0.15, 0.2) is 17.9 Å². The number of carbonyl (C=O) groups is 8. The molecule has 0 aliphatic rings. The smallest absolute Gasteiger partial charge is 0.255 e. The Morgan fingerprint density at radius 2 is 0.804 bits per heavy atom. The molecule has 0 bridgehead atoms. The summed E-state index contributed by atoms with van der Waals surface area (Å²) in [5.41, 5.74) is 29.7. The second-order valence-corrected chi connectivity index (χ2v) is 20.7. The van der Waals surface area contributed by atoms with Crippen LogP contribution in [0, 0.1) is 16.2 Å². The monoisotopic (exact) mass is 1270 g/mol. The van der Waals surface area contributed by atoms with Gasteiger partial charge >= 0.3 is 0 Å². The first-order valence-electron chi connectivity index (χ1n) is 28.7. The van der Waals surface area contributed by atoms with E-state index in [0.29, 0.717) is 18.5 Å². The van der Waals surface area contributed by atoms with Gasteiger partial charge in [0.25, 0.3) is 23.6 Å². The Hall–Kier alpha value is -11.6. The van der Waals surface area contributed by atoms with Crippen molar-refractivity contribution < 1.29 is 57.3 Å². The van der Waals surface area contributed by atoms with Crippen LogP contribution < -0.4 is 101 Å². The third-order valence-corrected chi connectivity index (χ3v) is 14.1. The van der Waals surface area contributed by atoms with Crippen LogP contribution in [0.2, 0.25) is 0 Å². The van der Waals surface area contributed by atoms with Crippen molar-refractivity contribution in [1.82, 2.24) is 36.9 Å². The van der Waals surface area contributed by atoms with Gasteiger partial charge in [0.2, 0.25) is 23.6 Å². The Morgan fingerprint density at radius 1 is 0.457 bits per heavy atom. The SMILES string of the molecule is COc1ccc(NC(=O)[C@@H](Cc2c[nH]c3ccccc23)NC(=O)c2cc(NC(=O)[C@@H](CCCNC(=N)N)NC(=O)c3cc(NC(=O)[C@@H](CCCNC(=N)N)NC(=O)c4cc(NC(=O)[C@H](N)CCCNC(=N)N)ccc4OC)ccc3OC)ccc2OC)cc1C(N)=O. The molecule has 92 heavy (non-hydrogen) atoms. The van der Waals surface area contributed by atoms with Crippen molar-refractivity contribution in [2.24, 2.45) is 28.7 Å². The molecular weight excluding hydrogens is 1190 g/mol. The summed E-state index contributed by atoms with van der Waals surface area (Å²) in [6, 6.07) is 19.5. The van der Waals surface area contributed by atoms with Crippen LogP contribution >= 0.6 is 0 Å². The van der Waals surface area contributed by atoms with Gasteiger partial charge in [-0.05, 0) is 123 Å². The number of primary amides is 1. The fourth-order valence-corrected chi connectivity index (χ4v) is 9.50. The summed E-state index contributed by atoms with van der Waals surface area (Å²) in [4.78, 5) is 114. The van der Waals surface area contributed by atoms with Crippen molar-refractivity contribution in [2.75, 3.05) is 69.3 Å². The largest absolute Gasteiger partial charge is 0.496 e. The predicted octanol–water partition coefficient (Wildman–Crippen LogP) is 1.81. The zero-order valence-electron chi connectivity index (χ0n) is 51.0. The Balaban J connectivity index is 1.22. The number of ether oxygens (including phenoxy) is 4. The van der Waals surface area contributed by atoms with Crippen molar-refractivity contribution in [3.05, 3.63) is 131 Å². The lowest BCUT2D eigenvalue weighted by molar-refractivity contribution is -0.118. The molecule has 488 valence electrons. The molecule has 0 fully saturated rings. The lowest BCUT2D eigenvalue weighted by Crippen LogP contribution is -2.45. The first-order valence-corrected chi connectivity index (χ1v) is 28.7. The van der Waals surface area contributed by atoms with E-state index in [1.165, 1.54) is 101 Å². The highest BCUT2D eigenvalue weighted by Gasteiger charge is 2.30. The van der Waals surface area contributed by atoms with Gasteiger partial charge in [0.1, 0.15) is 41.1 Å². The number of hydrogen-bond donors (Lipinski definition) is 19. The molecule has 31 heteroatoms. The van der Waals surface area contributed by atoms with Crippen LogP contribution in [0.15, 0.2) is 103 Å². The van der Waals surface area contributed by atoms with E-state index in [2.05, 4.69) is 58.2 Å². The van der Waals surface area contributed by atoms with Crippen molar-refractivity contribution in [3.63, 3.8) is 0 Å². The number of H-pyrrole nitrogens is 1. The molecule has 1 aromatic heterocycles. The number of anilines is 4. The minimum absolute atomic E-state index is 0.000637. The van der Waals surface area contributed by atoms with Crippen LogP contribution in [-0.2, 0) is 25.6 Å². The Bertz CT molecular complexity index is 3710. The Kier molecular flexibility index (Phi) is 25.4. The lowest BCUT2D eigenvalue weighted by Gasteiger charge is -2.22. The van der Waals surface area contributed by atoms with Gasteiger partial charge in [-0.25, -0.2) is 0 Å². The standard InChI is InChI=1S/C61H77N19O12/c1-89-47-19-15-33(27-38(47)51(63)81)77-58(88)46(26-32-31-73-43-12-6-5-10-37(32)43)80-54(84)41-30-36(18-22-50(41)92-4)76-57(87)45(14-9-25-72-61(68)69)79-53(83)40-29-35(17-21-49(40)91-3)75-56(86)44(13-8-24-71-60(66)67)78-52(82)39-28-34(16-20-48(39)90-2)74-55(85)42(62)11-7-23-70-59(64)65/h5-6,10,12,15-22,27-31,42,44-46,73H,7-9,11,13-14,23-26,62H2,1-4H3,(H2,63,81)(H,74,85)(H,75,86)(H,76,87)(H,77,88)(H,78,82)(H,79,83)(H,80,84)(H4,64,65,70)(H4,66,67,71)(H4,68,69,72)/t42-,44-,45-,46-/m1/s1. The molecule has 4 atom stereocenters. The summed E-state index contributed by atoms with van der Waals surface area (Å²) in [5, 5.41) is 50.4. The van der Waals surface area contributed by atoms with E-state index in [1.54, 1.807) is 6.20 Å². The fraction of sp³-hybridized carbons (Fsp3) is 0.295. The quantitative estimate of drug-likeness (QED) is 0.0159. The molecule has 8 amide bonds. The molecule has 0 unspecified atom stereocenters. The number of nitrogens with one attached hydrogen (secondary N) is 14. The second-order valence-electron chi connectivity index (χ2n) is 20.7. The maximum atomic E-state index is 14.5. The van der Waals surface area contributed by atoms with Crippen molar-refractivity contribution >= 4 is 98.8 Å². The van der Waals surface area contributed by atoms with Crippen LogP contribution in [0.3, 0.4) is 0 Å². The second kappa shape index (κ2) is 33.6. The van der Waals surface area contributed by atoms with Gasteiger partial charge in [0.05, 0.1) is 56.7 Å². The molecular formula is C61H77N19O12. The van der Waals surface area contributed by atoms with E-state index < -0.39 is 71.4 Å². The number of amides is 8. The normalized spacial score (nSPS) is 12.0. The van der Waals surface area contributed by atoms with E-state index in [1.807, 2.05) is 24.3 Å². The van der Waals surface area contributed by atoms with Gasteiger partial charge in [0, 0.05) is 65.9 Å². The number of benzene rings is 5. The molecule has 5 aromatic carbocycles. The zero-order chi connectivity index (χ0) is 67.0. The van der Waals surface area contributed by atoms with Crippen molar-refractivity contribution in [2.45, 2.75) is 69.1 Å². The number of aromatic amines is 1. The maximum Gasteiger partial charge on any atom is 0.255 e. The van der Waals surface area contributed by atoms with Gasteiger partial charge in [-0.3, -0.25) is 54.6 Å². The summed E-state index contributed by atoms with van der Waals surface area (Å²) in [6.45, 7) is 0.598. The van der Waals surface area contributed by atoms with E-state index in [4.69, 9.17) is 63.8 Å². The Labute approximate surface area is 528 Å². The fourth-order valence-electron chi connectivity index (χ4n) is 9.50. The van der Waals surface area contributed by atoms with Crippen molar-refractivity contribution in [1.29, 1.82) is 16.2 Å². The molecule has 0 saturated carbocycles. The number of fused-ring (bicyclic) bond motifs is 1. The minimum atomic E-state index is -1.32. The third kappa shape index (κ3) is 19.9. The van der Waals surface area contributed by atoms with Gasteiger partial charge < -0.3 is 106 Å². The molecule has 1 heterocycles. The molecule has 6 rings (SSSR count). The molecule has 24 N–H and O–H groups in total. The van der Waals surface area contributed by atoms with Crippen LogP contribution in [-0.4, -0.2) is 142 Å². The molecule has 0 saturated heterocycles. The number of aromatic nitrogens is 1. The first kappa shape index (κ1) is 69.5. The zero-order valence-corrected chi connectivity index (χ0v) is 51.0. The molecule has 0 aliphatic heterocycles. The highest BCUT2D eigenvalue weighted by atomic mass is 16.5. The highest BCUT2D eigenvalue weighted by molar-refractivity contribution is 6.08. The predicted molar refractivity (Wildman–Crippen MR) is 346 cm³/mol. The topological polar surface area (TPSA) is 511 Å². The summed E-state index contributed by atoms with van der Waals surface area (Å²) in [5.74, 6) is -6.40. The van der Waals surface area contributed by atoms with Gasteiger partial charge in [-0.15, -0.1) is 0 Å². The van der Waals surface area contributed by atoms with Crippen LogP contribution in [0.25, 0.3) is 10.9 Å². The number of rotatable bonds is 33. The van der Waals surface area contributed by atoms with E-state index in [0.717, 1.165) is 10.9 Å². The summed E-state index contributed by atoms with van der Waals surface area (Å²) in [6.07, 6.45) is 2.77. The number of methoxy groups -OCH3 is 4. The summed E-state index contributed by atoms with van der Waals surface area (Å²) in [7, 11) is 5.32. The van der Waals surface area contributed by atoms with Crippen LogP contribution in [0.5, 0.6) is 23.0 Å². The number of hydrogen-bond acceptors (Lipinski definition) is 16. The molecule has 0 radical (unpaired) electrons. The van der Waals surface area contributed by atoms with E-state index in [-0.39, 0.29) is 137 Å². The van der Waals surface area contributed by atoms with Crippen LogP contribution in [0.1, 0.15) is 85.5 Å². The van der Waals surface area contributed by atoms with E-state index in [9.17, 15) is 38.4 Å². The number of nitrogens with two attached hydrogens (primary N) is 5. The molecule has 31 nitrogen and oxygen atoms in total. The average Bonchev–Trinajstić information content (AvgIpc) is 1.34. The number of carbonyl (C=O) groups excluding carboxylic acids is 8. The molecule has 6 aromatic rings. The first-order chi connectivity index (χ1) is 44.0. The Morgan fingerprint density at radius 3 is 1.20 bits per heavy atom. The van der Waals surface area contributed by atoms with Gasteiger partial charge in [-0.1, -0.05) is 18.2 Å². The number of guanidine groups is 3. The van der Waals surface area contributed by atoms with Crippen molar-refractivity contribution in [3.8, 4) is 23.0 Å². The lowest BCUT2D eigenvalue weighted by atomic mass is 10.0. The highest BCUT2D eigenvalue weighted by Crippen LogP contribution is 2.29. The summed E-state index contributed by atoms with van der Waals surface area (Å²) >= 11 is 0. The van der Waals surface area contributed by atoms with Gasteiger partial charge in [-0.2, -0.15) is 0 Å². The maximum absolute atomic E-state index is 14.5. The third-order valence-electron chi connectivity index (χ3n) is 14.1. The average molecular weight is 1270 g/mol. The molecule has 0 aliphatic carbocycles. The van der Waals surface area contributed by atoms with Crippen LogP contribution in [0.4, 0.5) is 22.7 Å². The summed E-state index contributed by atoms with van der Waals surface area (Å²) < 4.78 is 21.8. The van der Waals surface area contributed by atoms with E-state index >= 15 is 0 Å².